The number of benzene rings is 2. The summed E-state index contributed by atoms with van der Waals surface area (Å²) in [6, 6.07) is 11.8. The third kappa shape index (κ3) is 9.51. The predicted octanol–water partition coefficient (Wildman–Crippen LogP) is 6.64. The van der Waals surface area contributed by atoms with Gasteiger partial charge in [-0.1, -0.05) is 12.1 Å². The van der Waals surface area contributed by atoms with Crippen LogP contribution in [-0.4, -0.2) is 30.8 Å². The molecule has 2 aromatic carbocycles. The third-order valence-electron chi connectivity index (χ3n) is 5.51. The Morgan fingerprint density at radius 2 is 1.79 bits per heavy atom. The molecule has 0 aliphatic heterocycles. The second kappa shape index (κ2) is 14.4. The molecule has 38 heavy (non-hydrogen) atoms. The Kier molecular flexibility index (Phi) is 11.3. The van der Waals surface area contributed by atoms with Gasteiger partial charge >= 0.3 is 14.4 Å². The van der Waals surface area contributed by atoms with E-state index in [2.05, 4.69) is 9.84 Å². The van der Waals surface area contributed by atoms with Gasteiger partial charge in [0.05, 0.1) is 37.4 Å². The zero-order valence-electron chi connectivity index (χ0n) is 21.3. The van der Waals surface area contributed by atoms with Crippen molar-refractivity contribution in [1.29, 1.82) is 0 Å². The van der Waals surface area contributed by atoms with E-state index in [0.29, 0.717) is 50.3 Å². The molecule has 208 valence electrons. The van der Waals surface area contributed by atoms with Gasteiger partial charge in [0.15, 0.2) is 0 Å². The van der Waals surface area contributed by atoms with E-state index in [1.807, 2.05) is 24.3 Å². The highest BCUT2D eigenvalue weighted by Crippen LogP contribution is 2.37. The van der Waals surface area contributed by atoms with E-state index < -0.39 is 20.0 Å². The van der Waals surface area contributed by atoms with Crippen molar-refractivity contribution in [3.8, 4) is 22.6 Å². The number of hydrogen-bond donors (Lipinski definition) is 2. The van der Waals surface area contributed by atoms with E-state index >= 15 is 0 Å². The molecule has 0 radical (unpaired) electrons. The lowest BCUT2D eigenvalue weighted by Crippen LogP contribution is -2.16. The van der Waals surface area contributed by atoms with Crippen LogP contribution in [0.2, 0.25) is 0 Å². The largest absolute Gasteiger partial charge is 0.493 e. The summed E-state index contributed by atoms with van der Waals surface area (Å²) >= 11 is 0. The zero-order valence-corrected chi connectivity index (χ0v) is 22.3. The standard InChI is InChI=1S/C27H33F3NO6P/c1-19(2)37-26-9-6-20(16-24(26)27(28,29)30)5-3-12-35-25-8-7-21(15-23(25)22-10-14-34-18-22)17-31-11-4-13-36-38(32)33/h6-10,14-16,18-19,31,38H,3-5,11-13,17H2,1-2H3,(H,32,33). The molecule has 1 heterocycles. The zero-order chi connectivity index (χ0) is 27.5. The molecule has 11 heteroatoms. The maximum atomic E-state index is 13.5. The highest BCUT2D eigenvalue weighted by molar-refractivity contribution is 7.32. The summed E-state index contributed by atoms with van der Waals surface area (Å²) in [6.45, 7) is 5.11. The molecule has 0 saturated carbocycles. The molecule has 1 aromatic heterocycles. The summed E-state index contributed by atoms with van der Waals surface area (Å²) in [5.74, 6) is 0.482. The SMILES string of the molecule is CC(C)Oc1ccc(CCCOc2ccc(CNCCCO[PH](=O)O)cc2-c2ccoc2)cc1C(F)(F)F. The first kappa shape index (κ1) is 29.8. The number of hydrogen-bond acceptors (Lipinski definition) is 6. The minimum Gasteiger partial charge on any atom is -0.493 e. The average molecular weight is 556 g/mol. The number of nitrogens with one attached hydrogen (secondary N) is 1. The quantitative estimate of drug-likeness (QED) is 0.160. The van der Waals surface area contributed by atoms with Crippen LogP contribution in [0.1, 0.15) is 43.4 Å². The number of aryl methyl sites for hydroxylation is 1. The van der Waals surface area contributed by atoms with Gasteiger partial charge in [0.2, 0.25) is 0 Å². The molecule has 0 aliphatic rings. The molecule has 0 amide bonds. The maximum Gasteiger partial charge on any atom is 0.419 e. The number of halogens is 3. The number of furan rings is 1. The Hall–Kier alpha value is -2.78. The number of rotatable bonds is 15. The smallest absolute Gasteiger partial charge is 0.419 e. The molecular weight excluding hydrogens is 522 g/mol. The van der Waals surface area contributed by atoms with E-state index in [-0.39, 0.29) is 18.5 Å². The Morgan fingerprint density at radius 1 is 1.03 bits per heavy atom. The summed E-state index contributed by atoms with van der Waals surface area (Å²) in [5, 5.41) is 3.26. The van der Waals surface area contributed by atoms with Crippen LogP contribution in [0.3, 0.4) is 0 Å². The van der Waals surface area contributed by atoms with Crippen molar-refractivity contribution in [3.05, 3.63) is 71.7 Å². The van der Waals surface area contributed by atoms with Gasteiger partial charge in [-0.15, -0.1) is 0 Å². The predicted molar refractivity (Wildman–Crippen MR) is 139 cm³/mol. The number of ether oxygens (including phenoxy) is 2. The van der Waals surface area contributed by atoms with E-state index in [9.17, 15) is 17.7 Å². The Morgan fingerprint density at radius 3 is 2.47 bits per heavy atom. The average Bonchev–Trinajstić information content (AvgIpc) is 3.39. The molecular formula is C27H33F3NO6P. The molecule has 3 aromatic rings. The van der Waals surface area contributed by atoms with Gasteiger partial charge in [-0.2, -0.15) is 13.2 Å². The van der Waals surface area contributed by atoms with Crippen LogP contribution in [-0.2, 0) is 28.2 Å². The lowest BCUT2D eigenvalue weighted by Gasteiger charge is -2.17. The van der Waals surface area contributed by atoms with E-state index in [1.165, 1.54) is 6.07 Å². The first-order chi connectivity index (χ1) is 18.1. The van der Waals surface area contributed by atoms with Crippen LogP contribution in [0.5, 0.6) is 11.5 Å². The Bertz CT molecular complexity index is 1170. The third-order valence-corrected chi connectivity index (χ3v) is 5.96. The molecule has 1 unspecified atom stereocenters. The summed E-state index contributed by atoms with van der Waals surface area (Å²) in [6.07, 6.45) is -0.121. The number of alkyl halides is 3. The van der Waals surface area contributed by atoms with Crippen LogP contribution in [0.15, 0.2) is 59.4 Å². The minimum absolute atomic E-state index is 0.164. The molecule has 0 fully saturated rings. The fraction of sp³-hybridized carbons (Fsp3) is 0.407. The van der Waals surface area contributed by atoms with Crippen molar-refractivity contribution in [2.24, 2.45) is 0 Å². The molecule has 2 N–H and O–H groups in total. The van der Waals surface area contributed by atoms with Crippen LogP contribution < -0.4 is 14.8 Å². The van der Waals surface area contributed by atoms with Gasteiger partial charge in [-0.3, -0.25) is 4.57 Å². The first-order valence-corrected chi connectivity index (χ1v) is 13.6. The first-order valence-electron chi connectivity index (χ1n) is 12.3. The van der Waals surface area contributed by atoms with Crippen molar-refractivity contribution < 1.29 is 41.0 Å². The van der Waals surface area contributed by atoms with Gasteiger partial charge in [0, 0.05) is 17.7 Å². The maximum absolute atomic E-state index is 13.5. The topological polar surface area (TPSA) is 90.2 Å². The van der Waals surface area contributed by atoms with Crippen molar-refractivity contribution in [1.82, 2.24) is 5.32 Å². The second-order valence-electron chi connectivity index (χ2n) is 8.93. The molecule has 0 spiro atoms. The van der Waals surface area contributed by atoms with Crippen LogP contribution in [0.4, 0.5) is 13.2 Å². The van der Waals surface area contributed by atoms with Gasteiger partial charge in [-0.05, 0) is 81.1 Å². The fourth-order valence-corrected chi connectivity index (χ4v) is 4.13. The van der Waals surface area contributed by atoms with Gasteiger partial charge in [0.25, 0.3) is 0 Å². The summed E-state index contributed by atoms with van der Waals surface area (Å²) in [7, 11) is -2.90. The molecule has 0 saturated heterocycles. The van der Waals surface area contributed by atoms with Gasteiger partial charge < -0.3 is 28.6 Å². The molecule has 7 nitrogen and oxygen atoms in total. The van der Waals surface area contributed by atoms with Gasteiger partial charge in [0.1, 0.15) is 11.5 Å². The van der Waals surface area contributed by atoms with E-state index in [0.717, 1.165) is 22.8 Å². The van der Waals surface area contributed by atoms with Crippen molar-refractivity contribution in [3.63, 3.8) is 0 Å². The molecule has 0 bridgehead atoms. The second-order valence-corrected chi connectivity index (χ2v) is 9.75. The van der Waals surface area contributed by atoms with Crippen LogP contribution in [0, 0.1) is 0 Å². The van der Waals surface area contributed by atoms with Crippen LogP contribution in [0.25, 0.3) is 11.1 Å². The Balaban J connectivity index is 1.58. The highest BCUT2D eigenvalue weighted by atomic mass is 31.1. The highest BCUT2D eigenvalue weighted by Gasteiger charge is 2.34. The van der Waals surface area contributed by atoms with Crippen molar-refractivity contribution in [2.75, 3.05) is 19.8 Å². The Labute approximate surface area is 220 Å². The lowest BCUT2D eigenvalue weighted by molar-refractivity contribution is -0.139. The summed E-state index contributed by atoms with van der Waals surface area (Å²) in [5.41, 5.74) is 2.49. The molecule has 3 rings (SSSR count). The summed E-state index contributed by atoms with van der Waals surface area (Å²) in [4.78, 5) is 8.68. The monoisotopic (exact) mass is 555 g/mol. The lowest BCUT2D eigenvalue weighted by atomic mass is 10.0. The fourth-order valence-electron chi connectivity index (χ4n) is 3.81. The van der Waals surface area contributed by atoms with Gasteiger partial charge in [-0.25, -0.2) is 0 Å². The van der Waals surface area contributed by atoms with E-state index in [4.69, 9.17) is 18.8 Å². The molecule has 0 aliphatic carbocycles. The van der Waals surface area contributed by atoms with Crippen molar-refractivity contribution >= 4 is 8.25 Å². The van der Waals surface area contributed by atoms with Crippen molar-refractivity contribution in [2.45, 2.75) is 51.9 Å². The normalized spacial score (nSPS) is 12.6. The molecule has 1 atom stereocenters. The minimum atomic E-state index is -4.50. The summed E-state index contributed by atoms with van der Waals surface area (Å²) < 4.78 is 72.4. The van der Waals surface area contributed by atoms with Crippen LogP contribution >= 0.6 is 8.25 Å². The van der Waals surface area contributed by atoms with E-state index in [1.54, 1.807) is 32.4 Å².